The number of phenols is 1. The van der Waals surface area contributed by atoms with E-state index in [2.05, 4.69) is 5.32 Å². The molecule has 148 valence electrons. The van der Waals surface area contributed by atoms with Gasteiger partial charge in [-0.25, -0.2) is 4.79 Å². The molecule has 0 bridgehead atoms. The SMILES string of the molecule is CC1(C)OC2C3NC(=O)c4c(cc5c(c4O)OCO5)C3C3OC(=O)OC3C2O1. The molecule has 1 amide bonds. The van der Waals surface area contributed by atoms with Crippen molar-refractivity contribution < 1.29 is 43.1 Å². The Labute approximate surface area is 158 Å². The van der Waals surface area contributed by atoms with Gasteiger partial charge >= 0.3 is 6.16 Å². The number of aromatic hydroxyl groups is 1. The summed E-state index contributed by atoms with van der Waals surface area (Å²) in [6.45, 7) is 3.46. The van der Waals surface area contributed by atoms with Crippen molar-refractivity contribution in [3.63, 3.8) is 0 Å². The Morgan fingerprint density at radius 2 is 1.82 bits per heavy atom. The normalized spacial score (nSPS) is 38.5. The molecule has 28 heavy (non-hydrogen) atoms. The van der Waals surface area contributed by atoms with Crippen molar-refractivity contribution in [1.29, 1.82) is 0 Å². The predicted octanol–water partition coefficient (Wildman–Crippen LogP) is 0.754. The fourth-order valence-corrected chi connectivity index (χ4v) is 4.99. The standard InChI is InChI=1S/C18H17NO9/c1-18(2)27-13-9-7(12-14(15(13)28-18)26-17(22)25-12)5-3-6-11(24-4-23-6)10(20)8(5)16(21)19-9/h3,7,9,12-15,20H,4H2,1-2H3,(H,19,21). The smallest absolute Gasteiger partial charge is 0.504 e. The summed E-state index contributed by atoms with van der Waals surface area (Å²) in [7, 11) is 0. The Bertz CT molecular complexity index is 928. The summed E-state index contributed by atoms with van der Waals surface area (Å²) in [6.07, 6.45) is -3.35. The summed E-state index contributed by atoms with van der Waals surface area (Å²) in [5, 5.41) is 13.5. The van der Waals surface area contributed by atoms with Crippen LogP contribution in [-0.4, -0.2) is 60.2 Å². The van der Waals surface area contributed by atoms with E-state index >= 15 is 0 Å². The lowest BCUT2D eigenvalue weighted by Crippen LogP contribution is -2.64. The van der Waals surface area contributed by atoms with Crippen LogP contribution in [0.25, 0.3) is 0 Å². The van der Waals surface area contributed by atoms with E-state index in [9.17, 15) is 14.7 Å². The molecule has 6 unspecified atom stereocenters. The van der Waals surface area contributed by atoms with E-state index in [0.717, 1.165) is 0 Å². The number of amides is 1. The third-order valence-electron chi connectivity index (χ3n) is 5.92. The van der Waals surface area contributed by atoms with E-state index < -0.39 is 54.2 Å². The van der Waals surface area contributed by atoms with Gasteiger partial charge in [-0.15, -0.1) is 0 Å². The number of benzene rings is 1. The quantitative estimate of drug-likeness (QED) is 0.617. The Morgan fingerprint density at radius 1 is 1.07 bits per heavy atom. The summed E-state index contributed by atoms with van der Waals surface area (Å²) in [6, 6.07) is 1.11. The van der Waals surface area contributed by atoms with E-state index in [1.54, 1.807) is 19.9 Å². The second kappa shape index (κ2) is 5.00. The van der Waals surface area contributed by atoms with Crippen molar-refractivity contribution in [2.45, 2.75) is 56.0 Å². The Morgan fingerprint density at radius 3 is 2.64 bits per heavy atom. The van der Waals surface area contributed by atoms with Gasteiger partial charge in [0.05, 0.1) is 11.6 Å². The first kappa shape index (κ1) is 16.3. The summed E-state index contributed by atoms with van der Waals surface area (Å²) < 4.78 is 33.5. The Kier molecular flexibility index (Phi) is 2.90. The molecule has 5 aliphatic rings. The average Bonchev–Trinajstić information content (AvgIpc) is 3.30. The highest BCUT2D eigenvalue weighted by Gasteiger charge is 2.65. The molecule has 1 aliphatic carbocycles. The number of nitrogens with one attached hydrogen (secondary N) is 1. The first-order valence-corrected chi connectivity index (χ1v) is 9.03. The highest BCUT2D eigenvalue weighted by molar-refractivity contribution is 6.01. The first-order valence-electron chi connectivity index (χ1n) is 9.03. The number of fused-ring (bicyclic) bond motifs is 9. The monoisotopic (exact) mass is 391 g/mol. The van der Waals surface area contributed by atoms with Crippen LogP contribution < -0.4 is 14.8 Å². The topological polar surface area (TPSA) is 122 Å². The van der Waals surface area contributed by atoms with E-state index in [4.69, 9.17) is 28.4 Å². The molecule has 0 radical (unpaired) electrons. The van der Waals surface area contributed by atoms with E-state index in [1.165, 1.54) is 0 Å². The molecule has 0 aromatic heterocycles. The number of hydrogen-bond acceptors (Lipinski definition) is 9. The molecular formula is C18H17NO9. The number of carbonyl (C=O) groups is 2. The van der Waals surface area contributed by atoms with Crippen LogP contribution >= 0.6 is 0 Å². The molecule has 1 aromatic rings. The van der Waals surface area contributed by atoms with Crippen LogP contribution in [0.2, 0.25) is 0 Å². The van der Waals surface area contributed by atoms with Crippen molar-refractivity contribution in [3.05, 3.63) is 17.2 Å². The van der Waals surface area contributed by atoms with Crippen LogP contribution in [0.5, 0.6) is 17.2 Å². The molecule has 1 saturated carbocycles. The molecule has 3 fully saturated rings. The third-order valence-corrected chi connectivity index (χ3v) is 5.92. The lowest BCUT2D eigenvalue weighted by Gasteiger charge is -2.45. The lowest BCUT2D eigenvalue weighted by molar-refractivity contribution is -0.153. The van der Waals surface area contributed by atoms with Gasteiger partial charge in [0.15, 0.2) is 29.5 Å². The van der Waals surface area contributed by atoms with Gasteiger partial charge in [-0.05, 0) is 25.5 Å². The van der Waals surface area contributed by atoms with Crippen LogP contribution in [-0.2, 0) is 18.9 Å². The average molecular weight is 391 g/mol. The maximum absolute atomic E-state index is 12.9. The van der Waals surface area contributed by atoms with Gasteiger partial charge in [0, 0.05) is 5.92 Å². The zero-order chi connectivity index (χ0) is 19.4. The second-order valence-electron chi connectivity index (χ2n) is 7.93. The molecule has 0 spiro atoms. The fraction of sp³-hybridized carbons (Fsp3) is 0.556. The highest BCUT2D eigenvalue weighted by atomic mass is 16.8. The Hall–Kier alpha value is -2.72. The van der Waals surface area contributed by atoms with Crippen LogP contribution in [0, 0.1) is 0 Å². The van der Waals surface area contributed by atoms with Crippen LogP contribution in [0.15, 0.2) is 6.07 Å². The minimum Gasteiger partial charge on any atom is -0.504 e. The van der Waals surface area contributed by atoms with Gasteiger partial charge in [-0.2, -0.15) is 0 Å². The summed E-state index contributed by atoms with van der Waals surface area (Å²) in [4.78, 5) is 24.8. The number of carbonyl (C=O) groups excluding carboxylic acids is 2. The zero-order valence-electron chi connectivity index (χ0n) is 15.0. The van der Waals surface area contributed by atoms with Crippen LogP contribution in [0.1, 0.15) is 35.7 Å². The van der Waals surface area contributed by atoms with E-state index in [-0.39, 0.29) is 23.9 Å². The molecule has 10 heteroatoms. The number of rotatable bonds is 0. The van der Waals surface area contributed by atoms with Crippen molar-refractivity contribution in [3.8, 4) is 17.2 Å². The Balaban J connectivity index is 1.54. The lowest BCUT2D eigenvalue weighted by atomic mass is 9.70. The summed E-state index contributed by atoms with van der Waals surface area (Å²) in [5.74, 6) is -1.73. The van der Waals surface area contributed by atoms with Crippen molar-refractivity contribution in [2.24, 2.45) is 0 Å². The van der Waals surface area contributed by atoms with Gasteiger partial charge in [-0.1, -0.05) is 0 Å². The highest BCUT2D eigenvalue weighted by Crippen LogP contribution is 2.53. The number of ether oxygens (including phenoxy) is 6. The molecular weight excluding hydrogens is 374 g/mol. The van der Waals surface area contributed by atoms with Gasteiger partial charge in [0.25, 0.3) is 5.91 Å². The third kappa shape index (κ3) is 1.93. The predicted molar refractivity (Wildman–Crippen MR) is 87.2 cm³/mol. The van der Waals surface area contributed by atoms with E-state index in [1.807, 2.05) is 0 Å². The maximum atomic E-state index is 12.9. The van der Waals surface area contributed by atoms with Crippen molar-refractivity contribution >= 4 is 12.1 Å². The van der Waals surface area contributed by atoms with Crippen molar-refractivity contribution in [2.75, 3.05) is 6.79 Å². The molecule has 10 nitrogen and oxygen atoms in total. The minimum atomic E-state index is -0.911. The fourth-order valence-electron chi connectivity index (χ4n) is 4.99. The van der Waals surface area contributed by atoms with Crippen LogP contribution in [0.3, 0.4) is 0 Å². The molecule has 6 rings (SSSR count). The second-order valence-corrected chi connectivity index (χ2v) is 7.93. The van der Waals surface area contributed by atoms with Gasteiger partial charge in [-0.3, -0.25) is 4.79 Å². The first-order chi connectivity index (χ1) is 13.3. The van der Waals surface area contributed by atoms with Gasteiger partial charge < -0.3 is 38.8 Å². The van der Waals surface area contributed by atoms with Gasteiger partial charge in [0.2, 0.25) is 12.5 Å². The number of phenolic OH excluding ortho intramolecular Hbond substituents is 1. The summed E-state index contributed by atoms with van der Waals surface area (Å²) in [5.41, 5.74) is 0.569. The molecule has 1 aromatic carbocycles. The van der Waals surface area contributed by atoms with Crippen LogP contribution in [0.4, 0.5) is 4.79 Å². The number of hydrogen-bond donors (Lipinski definition) is 2. The van der Waals surface area contributed by atoms with E-state index in [0.29, 0.717) is 11.3 Å². The minimum absolute atomic E-state index is 0.0541. The largest absolute Gasteiger partial charge is 0.509 e. The molecule has 4 heterocycles. The van der Waals surface area contributed by atoms with Crippen molar-refractivity contribution in [1.82, 2.24) is 5.32 Å². The van der Waals surface area contributed by atoms with Gasteiger partial charge in [0.1, 0.15) is 12.2 Å². The maximum Gasteiger partial charge on any atom is 0.509 e. The summed E-state index contributed by atoms with van der Waals surface area (Å²) >= 11 is 0. The molecule has 4 aliphatic heterocycles. The molecule has 6 atom stereocenters. The molecule has 2 N–H and O–H groups in total. The molecule has 2 saturated heterocycles. The zero-order valence-corrected chi connectivity index (χ0v) is 15.0.